The molecule has 3 fully saturated rings. The fraction of sp³-hybridized carbons (Fsp3) is 0.286. The Morgan fingerprint density at radius 1 is 0.491 bits per heavy atom. The van der Waals surface area contributed by atoms with E-state index < -0.39 is 0 Å². The second-order valence-electron chi connectivity index (χ2n) is 18.3. The smallest absolute Gasteiger partial charge is 0.0543 e. The van der Waals surface area contributed by atoms with Crippen LogP contribution in [0.25, 0.3) is 44.2 Å². The molecule has 0 amide bonds. The van der Waals surface area contributed by atoms with Crippen molar-refractivity contribution in [3.05, 3.63) is 174 Å². The van der Waals surface area contributed by atoms with Crippen LogP contribution in [0.5, 0.6) is 0 Å². The van der Waals surface area contributed by atoms with Crippen LogP contribution in [0.2, 0.25) is 0 Å². The van der Waals surface area contributed by atoms with Gasteiger partial charge in [-0.05, 0) is 147 Å². The molecule has 0 heterocycles. The highest BCUT2D eigenvalue weighted by atomic mass is 15.1. The molecule has 4 aliphatic rings. The van der Waals surface area contributed by atoms with Crippen LogP contribution in [0.15, 0.2) is 152 Å². The van der Waals surface area contributed by atoms with Crippen molar-refractivity contribution in [2.24, 2.45) is 11.8 Å². The molecule has 3 unspecified atom stereocenters. The largest absolute Gasteiger partial charge is 0.309 e. The van der Waals surface area contributed by atoms with E-state index in [9.17, 15) is 0 Å². The van der Waals surface area contributed by atoms with Crippen LogP contribution in [0, 0.1) is 11.8 Å². The summed E-state index contributed by atoms with van der Waals surface area (Å²) >= 11 is 0. The Balaban J connectivity index is 1.16. The molecule has 0 spiro atoms. The van der Waals surface area contributed by atoms with Crippen molar-refractivity contribution in [3.8, 4) is 33.4 Å². The lowest BCUT2D eigenvalue weighted by Gasteiger charge is -2.33. The Morgan fingerprint density at radius 2 is 1.21 bits per heavy atom. The van der Waals surface area contributed by atoms with Crippen LogP contribution in [-0.4, -0.2) is 0 Å². The molecule has 0 saturated heterocycles. The van der Waals surface area contributed by atoms with Crippen molar-refractivity contribution < 1.29 is 0 Å². The molecule has 1 heteroatoms. The molecule has 7 aromatic rings. The van der Waals surface area contributed by atoms with Crippen molar-refractivity contribution in [2.75, 3.05) is 4.90 Å². The van der Waals surface area contributed by atoms with Crippen LogP contribution < -0.4 is 4.90 Å². The molecule has 0 aromatic heterocycles. The predicted octanol–water partition coefficient (Wildman–Crippen LogP) is 15.9. The Bertz CT molecular complexity index is 2620. The average Bonchev–Trinajstić information content (AvgIpc) is 3.97. The van der Waals surface area contributed by atoms with Crippen molar-refractivity contribution in [1.82, 2.24) is 0 Å². The maximum atomic E-state index is 2.63. The first-order valence-corrected chi connectivity index (χ1v) is 21.9. The standard InChI is InChI=1S/C56H53N/c1-56(2)52-22-12-10-20-47(52)51-35-50(43-27-26-38-14-6-7-17-41(38)34-43)55(36-53(51)56)57(44-30-28-40(29-31-44)49-33-37-24-25-42(49)32-37)54-23-13-11-21-48(54)46-19-9-8-18-45(46)39-15-4-3-5-16-39/h6-14,17-23,26-31,34-37,39,42,49H,3-5,15-16,24-25,32-33H2,1-2H3. The minimum Gasteiger partial charge on any atom is -0.309 e. The molecule has 3 atom stereocenters. The molecule has 2 bridgehead atoms. The predicted molar refractivity (Wildman–Crippen MR) is 241 cm³/mol. The van der Waals surface area contributed by atoms with Crippen LogP contribution in [0.4, 0.5) is 17.1 Å². The molecule has 1 nitrogen and oxygen atoms in total. The van der Waals surface area contributed by atoms with Gasteiger partial charge in [-0.2, -0.15) is 0 Å². The molecule has 57 heavy (non-hydrogen) atoms. The first-order chi connectivity index (χ1) is 28.0. The van der Waals surface area contributed by atoms with E-state index in [1.165, 1.54) is 141 Å². The Hall–Kier alpha value is -5.40. The average molecular weight is 740 g/mol. The number of anilines is 3. The maximum Gasteiger partial charge on any atom is 0.0543 e. The Labute approximate surface area is 339 Å². The summed E-state index contributed by atoms with van der Waals surface area (Å²) in [5.74, 6) is 3.09. The van der Waals surface area contributed by atoms with Crippen LogP contribution in [0.3, 0.4) is 0 Å². The summed E-state index contributed by atoms with van der Waals surface area (Å²) < 4.78 is 0. The second kappa shape index (κ2) is 13.9. The number of para-hydroxylation sites is 1. The zero-order valence-electron chi connectivity index (χ0n) is 33.6. The van der Waals surface area contributed by atoms with Gasteiger partial charge < -0.3 is 4.90 Å². The lowest BCUT2D eigenvalue weighted by molar-refractivity contribution is 0.420. The van der Waals surface area contributed by atoms with Crippen molar-refractivity contribution in [3.63, 3.8) is 0 Å². The van der Waals surface area contributed by atoms with Gasteiger partial charge in [-0.25, -0.2) is 0 Å². The van der Waals surface area contributed by atoms with Crippen molar-refractivity contribution in [1.29, 1.82) is 0 Å². The fourth-order valence-corrected chi connectivity index (χ4v) is 11.8. The number of hydrogen-bond acceptors (Lipinski definition) is 1. The van der Waals surface area contributed by atoms with Gasteiger partial charge in [0.2, 0.25) is 0 Å². The summed E-state index contributed by atoms with van der Waals surface area (Å²) in [7, 11) is 0. The van der Waals surface area contributed by atoms with E-state index in [-0.39, 0.29) is 5.41 Å². The number of hydrogen-bond donors (Lipinski definition) is 0. The van der Waals surface area contributed by atoms with E-state index in [0.29, 0.717) is 11.8 Å². The lowest BCUT2D eigenvalue weighted by Crippen LogP contribution is -2.18. The van der Waals surface area contributed by atoms with E-state index in [2.05, 4.69) is 170 Å². The van der Waals surface area contributed by atoms with E-state index >= 15 is 0 Å². The van der Waals surface area contributed by atoms with E-state index in [1.807, 2.05) is 0 Å². The lowest BCUT2D eigenvalue weighted by atomic mass is 9.80. The summed E-state index contributed by atoms with van der Waals surface area (Å²) in [4.78, 5) is 2.63. The summed E-state index contributed by atoms with van der Waals surface area (Å²) in [6, 6.07) is 58.5. The number of benzene rings is 7. The highest BCUT2D eigenvalue weighted by Gasteiger charge is 2.40. The minimum absolute atomic E-state index is 0.132. The molecule has 3 saturated carbocycles. The molecule has 0 radical (unpaired) electrons. The highest BCUT2D eigenvalue weighted by Crippen LogP contribution is 2.56. The van der Waals surface area contributed by atoms with Crippen molar-refractivity contribution >= 4 is 27.8 Å². The third-order valence-corrected chi connectivity index (χ3v) is 14.8. The van der Waals surface area contributed by atoms with Crippen LogP contribution >= 0.6 is 0 Å². The normalized spacial score (nSPS) is 20.8. The third-order valence-electron chi connectivity index (χ3n) is 14.8. The van der Waals surface area contributed by atoms with E-state index in [0.717, 1.165) is 11.8 Å². The number of nitrogens with zero attached hydrogens (tertiary/aromatic N) is 1. The topological polar surface area (TPSA) is 3.24 Å². The minimum atomic E-state index is -0.132. The van der Waals surface area contributed by atoms with Gasteiger partial charge in [0.15, 0.2) is 0 Å². The quantitative estimate of drug-likeness (QED) is 0.157. The van der Waals surface area contributed by atoms with Gasteiger partial charge in [-0.3, -0.25) is 0 Å². The molecule has 0 N–H and O–H groups in total. The number of fused-ring (bicyclic) bond motifs is 6. The van der Waals surface area contributed by atoms with E-state index in [1.54, 1.807) is 0 Å². The molecule has 11 rings (SSSR count). The summed E-state index contributed by atoms with van der Waals surface area (Å²) in [5, 5.41) is 2.54. The molecule has 4 aliphatic carbocycles. The molecular formula is C56H53N. The van der Waals surface area contributed by atoms with Crippen molar-refractivity contribution in [2.45, 2.75) is 88.9 Å². The second-order valence-corrected chi connectivity index (χ2v) is 18.3. The van der Waals surface area contributed by atoms with Crippen LogP contribution in [0.1, 0.15) is 106 Å². The highest BCUT2D eigenvalue weighted by molar-refractivity contribution is 5.99. The third kappa shape index (κ3) is 5.88. The molecular weight excluding hydrogens is 687 g/mol. The van der Waals surface area contributed by atoms with Gasteiger partial charge in [0.05, 0.1) is 11.4 Å². The first-order valence-electron chi connectivity index (χ1n) is 21.9. The number of rotatable bonds is 7. The van der Waals surface area contributed by atoms with Gasteiger partial charge >= 0.3 is 0 Å². The zero-order valence-corrected chi connectivity index (χ0v) is 33.6. The fourth-order valence-electron chi connectivity index (χ4n) is 11.8. The van der Waals surface area contributed by atoms with Gasteiger partial charge in [0.1, 0.15) is 0 Å². The Kier molecular flexibility index (Phi) is 8.50. The summed E-state index contributed by atoms with van der Waals surface area (Å²) in [5.41, 5.74) is 17.3. The van der Waals surface area contributed by atoms with Gasteiger partial charge in [0.25, 0.3) is 0 Å². The molecule has 7 aromatic carbocycles. The Morgan fingerprint density at radius 3 is 2.00 bits per heavy atom. The maximum absolute atomic E-state index is 2.63. The molecule has 0 aliphatic heterocycles. The van der Waals surface area contributed by atoms with E-state index in [4.69, 9.17) is 0 Å². The molecule has 282 valence electrons. The van der Waals surface area contributed by atoms with Gasteiger partial charge in [-0.1, -0.05) is 155 Å². The van der Waals surface area contributed by atoms with Gasteiger partial charge in [-0.15, -0.1) is 0 Å². The summed E-state index contributed by atoms with van der Waals surface area (Å²) in [6.45, 7) is 4.83. The zero-order chi connectivity index (χ0) is 38.1. The monoisotopic (exact) mass is 739 g/mol. The first kappa shape index (κ1) is 34.8. The SMILES string of the molecule is CC1(C)c2ccccc2-c2cc(-c3ccc4ccccc4c3)c(N(c3ccc(C4CC5CCC4C5)cc3)c3ccccc3-c3ccccc3C3CCCCC3)cc21. The van der Waals surface area contributed by atoms with Crippen LogP contribution in [-0.2, 0) is 5.41 Å². The van der Waals surface area contributed by atoms with Gasteiger partial charge in [0, 0.05) is 22.2 Å². The summed E-state index contributed by atoms with van der Waals surface area (Å²) in [6.07, 6.45) is 12.2.